The van der Waals surface area contributed by atoms with E-state index in [4.69, 9.17) is 4.74 Å². The molecule has 0 radical (unpaired) electrons. The molecule has 0 aliphatic heterocycles. The molecule has 1 N–H and O–H groups in total. The van der Waals surface area contributed by atoms with Gasteiger partial charge in [0.15, 0.2) is 10.9 Å². The molecule has 7 nitrogen and oxygen atoms in total. The highest BCUT2D eigenvalue weighted by atomic mass is 32.2. The highest BCUT2D eigenvalue weighted by Crippen LogP contribution is 2.32. The van der Waals surface area contributed by atoms with E-state index in [1.54, 1.807) is 4.57 Å². The quantitative estimate of drug-likeness (QED) is 0.290. The van der Waals surface area contributed by atoms with Crippen LogP contribution in [-0.4, -0.2) is 37.4 Å². The van der Waals surface area contributed by atoms with Crippen LogP contribution in [0.5, 0.6) is 11.6 Å². The summed E-state index contributed by atoms with van der Waals surface area (Å²) in [5.41, 5.74) is 3.16. The van der Waals surface area contributed by atoms with Crippen molar-refractivity contribution in [3.63, 3.8) is 0 Å². The average molecular weight is 468 g/mol. The third-order valence-electron chi connectivity index (χ3n) is 6.07. The van der Waals surface area contributed by atoms with Crippen LogP contribution in [-0.2, 0) is 0 Å². The summed E-state index contributed by atoms with van der Waals surface area (Å²) < 4.78 is 9.22. The van der Waals surface area contributed by atoms with Gasteiger partial charge in [-0.05, 0) is 63.9 Å². The summed E-state index contributed by atoms with van der Waals surface area (Å²) in [5.74, 6) is 0.595. The van der Waals surface area contributed by atoms with Crippen molar-refractivity contribution in [3.05, 3.63) is 63.7 Å². The third-order valence-corrected chi connectivity index (χ3v) is 7.02. The van der Waals surface area contributed by atoms with Crippen LogP contribution >= 0.6 is 11.8 Å². The van der Waals surface area contributed by atoms with E-state index in [2.05, 4.69) is 9.55 Å². The zero-order valence-corrected chi connectivity index (χ0v) is 20.0. The Morgan fingerprint density at radius 1 is 1.18 bits per heavy atom. The Bertz CT molecular complexity index is 1210. The first-order valence-corrected chi connectivity index (χ1v) is 12.3. The van der Waals surface area contributed by atoms with Crippen molar-refractivity contribution in [2.45, 2.75) is 57.7 Å². The van der Waals surface area contributed by atoms with Crippen molar-refractivity contribution in [1.82, 2.24) is 14.1 Å². The molecule has 0 bridgehead atoms. The molecular formula is C25H29N3O4S. The summed E-state index contributed by atoms with van der Waals surface area (Å²) in [5, 5.41) is 10.3. The first kappa shape index (κ1) is 23.2. The molecule has 0 unspecified atom stereocenters. The van der Waals surface area contributed by atoms with Crippen LogP contribution in [0.25, 0.3) is 5.69 Å². The number of aromatic nitrogens is 3. The second-order valence-electron chi connectivity index (χ2n) is 8.30. The van der Waals surface area contributed by atoms with Crippen LogP contribution in [0, 0.1) is 13.8 Å². The number of rotatable bonds is 8. The molecule has 33 heavy (non-hydrogen) atoms. The minimum absolute atomic E-state index is 0.0409. The standard InChI is InChI=1S/C25H29N3O4S/c1-4-32-20-11-9-19(10-12-20)27-16(2)13-21(17(27)3)22(29)15-33-25-26-23(30)14-24(31)28(25)18-7-5-6-8-18/h9-14,18,30H,4-8,15H2,1-3H3. The van der Waals surface area contributed by atoms with E-state index in [0.717, 1.165) is 54.6 Å². The van der Waals surface area contributed by atoms with Crippen LogP contribution in [0.3, 0.4) is 0 Å². The van der Waals surface area contributed by atoms with Crippen molar-refractivity contribution in [1.29, 1.82) is 0 Å². The molecule has 1 fully saturated rings. The van der Waals surface area contributed by atoms with Crippen molar-refractivity contribution in [3.8, 4) is 17.3 Å². The maximum Gasteiger partial charge on any atom is 0.258 e. The van der Waals surface area contributed by atoms with E-state index in [9.17, 15) is 14.7 Å². The largest absolute Gasteiger partial charge is 0.494 e. The van der Waals surface area contributed by atoms with Gasteiger partial charge in [0.1, 0.15) is 5.75 Å². The molecule has 1 aromatic carbocycles. The number of carbonyl (C=O) groups is 1. The summed E-state index contributed by atoms with van der Waals surface area (Å²) >= 11 is 1.21. The zero-order chi connectivity index (χ0) is 23.5. The number of aromatic hydroxyl groups is 1. The number of thioether (sulfide) groups is 1. The predicted molar refractivity (Wildman–Crippen MR) is 129 cm³/mol. The Morgan fingerprint density at radius 3 is 2.55 bits per heavy atom. The third kappa shape index (κ3) is 4.85. The van der Waals surface area contributed by atoms with E-state index in [0.29, 0.717) is 17.3 Å². The lowest BCUT2D eigenvalue weighted by atomic mass is 10.2. The Balaban J connectivity index is 1.56. The summed E-state index contributed by atoms with van der Waals surface area (Å²) in [7, 11) is 0. The molecule has 8 heteroatoms. The molecule has 1 saturated carbocycles. The van der Waals surface area contributed by atoms with Crippen LogP contribution in [0.2, 0.25) is 0 Å². The van der Waals surface area contributed by atoms with Gasteiger partial charge in [-0.3, -0.25) is 14.2 Å². The van der Waals surface area contributed by atoms with E-state index in [1.165, 1.54) is 11.8 Å². The summed E-state index contributed by atoms with van der Waals surface area (Å²) in [6, 6.07) is 10.9. The van der Waals surface area contributed by atoms with Gasteiger partial charge in [-0.1, -0.05) is 24.6 Å². The number of carbonyl (C=O) groups excluding carboxylic acids is 1. The maximum atomic E-state index is 13.1. The molecule has 2 heterocycles. The van der Waals surface area contributed by atoms with E-state index in [-0.39, 0.29) is 29.0 Å². The normalized spacial score (nSPS) is 14.0. The molecule has 0 saturated heterocycles. The zero-order valence-electron chi connectivity index (χ0n) is 19.2. The molecule has 4 rings (SSSR count). The summed E-state index contributed by atoms with van der Waals surface area (Å²) in [6.07, 6.45) is 3.96. The Hall–Kier alpha value is -3.00. The van der Waals surface area contributed by atoms with Gasteiger partial charge in [-0.15, -0.1) is 0 Å². The lowest BCUT2D eigenvalue weighted by Crippen LogP contribution is -2.25. The smallest absolute Gasteiger partial charge is 0.258 e. The number of hydrogen-bond donors (Lipinski definition) is 1. The number of ketones is 1. The van der Waals surface area contributed by atoms with Gasteiger partial charge in [0, 0.05) is 28.7 Å². The molecule has 1 aliphatic carbocycles. The minimum Gasteiger partial charge on any atom is -0.494 e. The number of benzene rings is 1. The molecule has 0 spiro atoms. The number of hydrogen-bond acceptors (Lipinski definition) is 6. The second kappa shape index (κ2) is 9.87. The molecule has 2 aromatic heterocycles. The van der Waals surface area contributed by atoms with E-state index < -0.39 is 0 Å². The van der Waals surface area contributed by atoms with Gasteiger partial charge in [0.25, 0.3) is 5.56 Å². The lowest BCUT2D eigenvalue weighted by molar-refractivity contribution is 0.102. The van der Waals surface area contributed by atoms with Crippen LogP contribution in [0.4, 0.5) is 0 Å². The Kier molecular flexibility index (Phi) is 6.93. The van der Waals surface area contributed by atoms with Crippen LogP contribution in [0.15, 0.2) is 46.3 Å². The van der Waals surface area contributed by atoms with Gasteiger partial charge >= 0.3 is 0 Å². The Morgan fingerprint density at radius 2 is 1.88 bits per heavy atom. The molecule has 0 atom stereocenters. The van der Waals surface area contributed by atoms with Crippen LogP contribution in [0.1, 0.15) is 60.4 Å². The highest BCUT2D eigenvalue weighted by Gasteiger charge is 2.23. The monoisotopic (exact) mass is 467 g/mol. The number of ether oxygens (including phenoxy) is 1. The predicted octanol–water partition coefficient (Wildman–Crippen LogP) is 4.85. The molecular weight excluding hydrogens is 438 g/mol. The number of nitrogens with zero attached hydrogens (tertiary/aromatic N) is 3. The average Bonchev–Trinajstić information content (AvgIpc) is 3.40. The highest BCUT2D eigenvalue weighted by molar-refractivity contribution is 7.99. The van der Waals surface area contributed by atoms with Crippen molar-refractivity contribution in [2.75, 3.05) is 12.4 Å². The minimum atomic E-state index is -0.308. The maximum absolute atomic E-state index is 13.1. The SMILES string of the molecule is CCOc1ccc(-n2c(C)cc(C(=O)CSc3nc(O)cc(=O)n3C3CCCC3)c2C)cc1. The van der Waals surface area contributed by atoms with Crippen molar-refractivity contribution >= 4 is 17.5 Å². The fourth-order valence-corrected chi connectivity index (χ4v) is 5.52. The molecule has 174 valence electrons. The molecule has 0 amide bonds. The van der Waals surface area contributed by atoms with Gasteiger partial charge in [-0.25, -0.2) is 0 Å². The lowest BCUT2D eigenvalue weighted by Gasteiger charge is -2.17. The fourth-order valence-electron chi connectivity index (χ4n) is 4.57. The fraction of sp³-hybridized carbons (Fsp3) is 0.400. The first-order chi connectivity index (χ1) is 15.9. The van der Waals surface area contributed by atoms with Gasteiger partial charge in [0.2, 0.25) is 5.88 Å². The van der Waals surface area contributed by atoms with Gasteiger partial charge in [-0.2, -0.15) is 4.98 Å². The second-order valence-corrected chi connectivity index (χ2v) is 9.24. The van der Waals surface area contributed by atoms with Crippen molar-refractivity contribution in [2.24, 2.45) is 0 Å². The summed E-state index contributed by atoms with van der Waals surface area (Å²) in [6.45, 7) is 6.47. The summed E-state index contributed by atoms with van der Waals surface area (Å²) in [4.78, 5) is 29.9. The van der Waals surface area contributed by atoms with Crippen LogP contribution < -0.4 is 10.3 Å². The van der Waals surface area contributed by atoms with Gasteiger partial charge in [0.05, 0.1) is 18.4 Å². The van der Waals surface area contributed by atoms with E-state index >= 15 is 0 Å². The number of aryl methyl sites for hydroxylation is 1. The van der Waals surface area contributed by atoms with E-state index in [1.807, 2.05) is 51.1 Å². The number of Topliss-reactive ketones (excluding diaryl/α,β-unsaturated/α-hetero) is 1. The molecule has 3 aromatic rings. The molecule has 1 aliphatic rings. The first-order valence-electron chi connectivity index (χ1n) is 11.3. The Labute approximate surface area is 197 Å². The van der Waals surface area contributed by atoms with Crippen molar-refractivity contribution < 1.29 is 14.6 Å². The topological polar surface area (TPSA) is 86.4 Å². The van der Waals surface area contributed by atoms with Gasteiger partial charge < -0.3 is 14.4 Å².